The highest BCUT2D eigenvalue weighted by Crippen LogP contribution is 2.32. The fourth-order valence-corrected chi connectivity index (χ4v) is 4.24. The van der Waals surface area contributed by atoms with Crippen molar-refractivity contribution < 1.29 is 18.0 Å². The quantitative estimate of drug-likeness (QED) is 0.520. The van der Waals surface area contributed by atoms with E-state index in [2.05, 4.69) is 11.9 Å². The lowest BCUT2D eigenvalue weighted by Gasteiger charge is -2.23. The van der Waals surface area contributed by atoms with Crippen molar-refractivity contribution in [2.24, 2.45) is 5.92 Å². The van der Waals surface area contributed by atoms with Gasteiger partial charge in [-0.3, -0.25) is 4.79 Å². The van der Waals surface area contributed by atoms with Gasteiger partial charge in [-0.1, -0.05) is 56.1 Å². The number of alkyl halides is 3. The fourth-order valence-electron chi connectivity index (χ4n) is 3.86. The molecule has 1 amide bonds. The van der Waals surface area contributed by atoms with Crippen LogP contribution in [0.1, 0.15) is 48.5 Å². The minimum absolute atomic E-state index is 0.113. The molecule has 32 heavy (non-hydrogen) atoms. The molecule has 1 heterocycles. The van der Waals surface area contributed by atoms with Crippen LogP contribution in [0.5, 0.6) is 0 Å². The van der Waals surface area contributed by atoms with Crippen LogP contribution in [-0.4, -0.2) is 28.9 Å². The highest BCUT2D eigenvalue weighted by atomic mass is 32.1. The summed E-state index contributed by atoms with van der Waals surface area (Å²) in [6.45, 7) is 7.15. The first kappa shape index (κ1) is 24.0. The maximum absolute atomic E-state index is 13.4. The molecule has 2 aromatic rings. The van der Waals surface area contributed by atoms with Crippen molar-refractivity contribution in [1.82, 2.24) is 10.2 Å². The molecule has 2 aromatic carbocycles. The van der Waals surface area contributed by atoms with E-state index in [0.717, 1.165) is 48.5 Å². The molecule has 0 bridgehead atoms. The molecule has 1 fully saturated rings. The Morgan fingerprint density at radius 2 is 1.81 bits per heavy atom. The van der Waals surface area contributed by atoms with Crippen LogP contribution in [0.3, 0.4) is 0 Å². The van der Waals surface area contributed by atoms with Crippen LogP contribution < -0.4 is 5.32 Å². The maximum atomic E-state index is 13.4. The van der Waals surface area contributed by atoms with E-state index < -0.39 is 11.7 Å². The summed E-state index contributed by atoms with van der Waals surface area (Å²) in [6, 6.07) is 12.0. The summed E-state index contributed by atoms with van der Waals surface area (Å²) < 4.78 is 38.7. The van der Waals surface area contributed by atoms with Gasteiger partial charge in [0.1, 0.15) is 0 Å². The number of benzene rings is 2. The van der Waals surface area contributed by atoms with Crippen molar-refractivity contribution in [3.05, 3.63) is 71.9 Å². The number of allylic oxidation sites excluding steroid dienone is 1. The zero-order valence-corrected chi connectivity index (χ0v) is 18.9. The lowest BCUT2D eigenvalue weighted by molar-refractivity contribution is -0.137. The SMILES string of the molecule is C=C(CC)NC(=S)C1CCCN(C(=O)c2ccccc2-c2ccc(C(F)(F)F)cc2)CC1. The molecule has 170 valence electrons. The number of hydrogen-bond donors (Lipinski definition) is 1. The number of nitrogens with one attached hydrogen (secondary N) is 1. The molecule has 0 spiro atoms. The van der Waals surface area contributed by atoms with Gasteiger partial charge in [0.25, 0.3) is 5.91 Å². The highest BCUT2D eigenvalue weighted by molar-refractivity contribution is 7.80. The minimum Gasteiger partial charge on any atom is -0.354 e. The van der Waals surface area contributed by atoms with Gasteiger partial charge < -0.3 is 10.2 Å². The topological polar surface area (TPSA) is 32.3 Å². The van der Waals surface area contributed by atoms with Crippen molar-refractivity contribution >= 4 is 23.1 Å². The average molecular weight is 461 g/mol. The van der Waals surface area contributed by atoms with E-state index in [1.807, 2.05) is 11.8 Å². The van der Waals surface area contributed by atoms with Crippen molar-refractivity contribution in [3.63, 3.8) is 0 Å². The van der Waals surface area contributed by atoms with Crippen LogP contribution in [0.15, 0.2) is 60.8 Å². The molecule has 1 unspecified atom stereocenters. The number of amides is 1. The molecule has 1 atom stereocenters. The van der Waals surface area contributed by atoms with Crippen molar-refractivity contribution in [1.29, 1.82) is 0 Å². The fraction of sp³-hybridized carbons (Fsp3) is 0.360. The van der Waals surface area contributed by atoms with Gasteiger partial charge in [-0.25, -0.2) is 0 Å². The predicted molar refractivity (Wildman–Crippen MR) is 125 cm³/mol. The summed E-state index contributed by atoms with van der Waals surface area (Å²) >= 11 is 5.54. The van der Waals surface area contributed by atoms with E-state index in [4.69, 9.17) is 12.2 Å². The van der Waals surface area contributed by atoms with Crippen molar-refractivity contribution in [2.75, 3.05) is 13.1 Å². The molecule has 0 radical (unpaired) electrons. The Balaban J connectivity index is 1.76. The lowest BCUT2D eigenvalue weighted by Crippen LogP contribution is -2.33. The predicted octanol–water partition coefficient (Wildman–Crippen LogP) is 6.46. The second kappa shape index (κ2) is 10.3. The molecule has 3 rings (SSSR count). The molecular formula is C25H27F3N2OS. The normalized spacial score (nSPS) is 16.9. The first-order valence-electron chi connectivity index (χ1n) is 10.7. The van der Waals surface area contributed by atoms with Crippen molar-refractivity contribution in [3.8, 4) is 11.1 Å². The zero-order chi connectivity index (χ0) is 23.3. The van der Waals surface area contributed by atoms with E-state index in [0.29, 0.717) is 29.8 Å². The van der Waals surface area contributed by atoms with Gasteiger partial charge in [0.2, 0.25) is 0 Å². The summed E-state index contributed by atoms with van der Waals surface area (Å²) in [6.07, 6.45) is -1.10. The van der Waals surface area contributed by atoms with Crippen LogP contribution in [0.4, 0.5) is 13.2 Å². The smallest absolute Gasteiger partial charge is 0.354 e. The first-order chi connectivity index (χ1) is 15.2. The number of carbonyl (C=O) groups is 1. The number of carbonyl (C=O) groups excluding carboxylic acids is 1. The van der Waals surface area contributed by atoms with E-state index >= 15 is 0 Å². The molecule has 3 nitrogen and oxygen atoms in total. The first-order valence-corrected chi connectivity index (χ1v) is 11.2. The van der Waals surface area contributed by atoms with E-state index in [1.54, 1.807) is 24.3 Å². The second-order valence-electron chi connectivity index (χ2n) is 7.99. The molecule has 1 N–H and O–H groups in total. The van der Waals surface area contributed by atoms with Gasteiger partial charge in [-0.2, -0.15) is 13.2 Å². The van der Waals surface area contributed by atoms with Crippen LogP contribution in [0.2, 0.25) is 0 Å². The Morgan fingerprint density at radius 1 is 1.12 bits per heavy atom. The number of thiocarbonyl (C=S) groups is 1. The van der Waals surface area contributed by atoms with Gasteiger partial charge in [0.05, 0.1) is 10.6 Å². The molecule has 0 saturated carbocycles. The minimum atomic E-state index is -4.39. The largest absolute Gasteiger partial charge is 0.416 e. The number of likely N-dealkylation sites (tertiary alicyclic amines) is 1. The summed E-state index contributed by atoms with van der Waals surface area (Å²) in [5.41, 5.74) is 1.88. The van der Waals surface area contributed by atoms with Crippen LogP contribution >= 0.6 is 12.2 Å². The van der Waals surface area contributed by atoms with Gasteiger partial charge in [0, 0.05) is 30.3 Å². The number of rotatable bonds is 5. The summed E-state index contributed by atoms with van der Waals surface area (Å²) in [7, 11) is 0. The Kier molecular flexibility index (Phi) is 7.72. The Labute approximate surface area is 192 Å². The average Bonchev–Trinajstić information content (AvgIpc) is 3.04. The molecular weight excluding hydrogens is 433 g/mol. The lowest BCUT2D eigenvalue weighted by atomic mass is 9.97. The highest BCUT2D eigenvalue weighted by Gasteiger charge is 2.30. The molecule has 1 aliphatic heterocycles. The van der Waals surface area contributed by atoms with E-state index in [-0.39, 0.29) is 11.8 Å². The van der Waals surface area contributed by atoms with Gasteiger partial charge >= 0.3 is 6.18 Å². The molecule has 1 saturated heterocycles. The third-order valence-corrected chi connectivity index (χ3v) is 6.23. The van der Waals surface area contributed by atoms with Gasteiger partial charge in [-0.05, 0) is 55.0 Å². The van der Waals surface area contributed by atoms with Gasteiger partial charge in [0.15, 0.2) is 0 Å². The number of nitrogens with zero attached hydrogens (tertiary/aromatic N) is 1. The van der Waals surface area contributed by atoms with E-state index in [9.17, 15) is 18.0 Å². The Hall–Kier alpha value is -2.67. The third-order valence-electron chi connectivity index (χ3n) is 5.79. The summed E-state index contributed by atoms with van der Waals surface area (Å²) in [5.74, 6) is 0.0780. The summed E-state index contributed by atoms with van der Waals surface area (Å²) in [5, 5.41) is 3.20. The standard InChI is InChI=1S/C25H27F3N2OS/c1-3-17(2)29-23(32)19-7-6-15-30(16-14-19)24(31)22-9-5-4-8-21(22)18-10-12-20(13-11-18)25(26,27)28/h4-5,8-13,19H,2-3,6-7,14-16H2,1H3,(H,29,32). The molecule has 0 aromatic heterocycles. The Morgan fingerprint density at radius 3 is 2.47 bits per heavy atom. The zero-order valence-electron chi connectivity index (χ0n) is 18.0. The second-order valence-corrected chi connectivity index (χ2v) is 8.43. The molecule has 0 aliphatic carbocycles. The number of halogens is 3. The molecule has 1 aliphatic rings. The Bertz CT molecular complexity index is 985. The summed E-state index contributed by atoms with van der Waals surface area (Å²) in [4.78, 5) is 16.0. The third kappa shape index (κ3) is 5.76. The van der Waals surface area contributed by atoms with Crippen LogP contribution in [-0.2, 0) is 6.18 Å². The van der Waals surface area contributed by atoms with Crippen LogP contribution in [0, 0.1) is 5.92 Å². The van der Waals surface area contributed by atoms with E-state index in [1.165, 1.54) is 12.1 Å². The van der Waals surface area contributed by atoms with Gasteiger partial charge in [-0.15, -0.1) is 0 Å². The molecule has 7 heteroatoms. The van der Waals surface area contributed by atoms with Crippen LogP contribution in [0.25, 0.3) is 11.1 Å². The maximum Gasteiger partial charge on any atom is 0.416 e. The monoisotopic (exact) mass is 460 g/mol. The number of hydrogen-bond acceptors (Lipinski definition) is 2. The van der Waals surface area contributed by atoms with Crippen molar-refractivity contribution in [2.45, 2.75) is 38.8 Å².